The number of thioether (sulfide) groups is 2. The fourth-order valence-electron chi connectivity index (χ4n) is 2.51. The van der Waals surface area contributed by atoms with Gasteiger partial charge >= 0.3 is 12.1 Å². The molecular formula is C15H21N5O2S2. The number of carbonyl (C=O) groups is 2. The SMILES string of the molecule is O=C(Nc1cccnc1NC(=O)N1CCSCC1)N1CCSCC1. The predicted molar refractivity (Wildman–Crippen MR) is 100 cm³/mol. The summed E-state index contributed by atoms with van der Waals surface area (Å²) in [7, 11) is 0. The lowest BCUT2D eigenvalue weighted by Crippen LogP contribution is -2.42. The molecule has 1 aromatic rings. The predicted octanol–water partition coefficient (Wildman–Crippen LogP) is 2.24. The van der Waals surface area contributed by atoms with Crippen molar-refractivity contribution in [1.29, 1.82) is 0 Å². The van der Waals surface area contributed by atoms with Gasteiger partial charge in [0, 0.05) is 55.4 Å². The maximum atomic E-state index is 12.4. The Hall–Kier alpha value is -1.61. The van der Waals surface area contributed by atoms with Crippen molar-refractivity contribution in [2.24, 2.45) is 0 Å². The highest BCUT2D eigenvalue weighted by Crippen LogP contribution is 2.20. The number of nitrogens with one attached hydrogen (secondary N) is 2. The minimum atomic E-state index is -0.168. The van der Waals surface area contributed by atoms with Crippen LogP contribution in [-0.2, 0) is 0 Å². The Morgan fingerprint density at radius 1 is 0.917 bits per heavy atom. The van der Waals surface area contributed by atoms with Gasteiger partial charge in [0.15, 0.2) is 5.82 Å². The van der Waals surface area contributed by atoms with Crippen molar-refractivity contribution in [3.8, 4) is 0 Å². The normalized spacial score (nSPS) is 18.2. The van der Waals surface area contributed by atoms with E-state index in [1.54, 1.807) is 28.1 Å². The van der Waals surface area contributed by atoms with E-state index in [-0.39, 0.29) is 12.1 Å². The molecule has 2 aliphatic heterocycles. The van der Waals surface area contributed by atoms with Gasteiger partial charge in [0.1, 0.15) is 0 Å². The van der Waals surface area contributed by atoms with E-state index in [9.17, 15) is 9.59 Å². The summed E-state index contributed by atoms with van der Waals surface area (Å²) < 4.78 is 0. The summed E-state index contributed by atoms with van der Waals surface area (Å²) in [4.78, 5) is 32.5. The third kappa shape index (κ3) is 4.47. The zero-order valence-corrected chi connectivity index (χ0v) is 15.0. The first-order valence-electron chi connectivity index (χ1n) is 7.96. The van der Waals surface area contributed by atoms with Gasteiger partial charge in [-0.1, -0.05) is 0 Å². The van der Waals surface area contributed by atoms with Crippen LogP contribution >= 0.6 is 23.5 Å². The number of nitrogens with zero attached hydrogens (tertiary/aromatic N) is 3. The Bertz CT molecular complexity index is 538. The Morgan fingerprint density at radius 3 is 2.04 bits per heavy atom. The Labute approximate surface area is 149 Å². The Morgan fingerprint density at radius 2 is 1.46 bits per heavy atom. The zero-order valence-electron chi connectivity index (χ0n) is 13.4. The average molecular weight is 368 g/mol. The number of anilines is 2. The van der Waals surface area contributed by atoms with E-state index in [0.29, 0.717) is 11.5 Å². The highest BCUT2D eigenvalue weighted by molar-refractivity contribution is 7.99. The van der Waals surface area contributed by atoms with E-state index in [2.05, 4.69) is 15.6 Å². The van der Waals surface area contributed by atoms with Gasteiger partial charge in [0.05, 0.1) is 5.69 Å². The molecule has 0 unspecified atom stereocenters. The summed E-state index contributed by atoms with van der Waals surface area (Å²) in [5.74, 6) is 4.20. The third-order valence-corrected chi connectivity index (χ3v) is 5.76. The van der Waals surface area contributed by atoms with Gasteiger partial charge < -0.3 is 15.1 Å². The second-order valence-electron chi connectivity index (χ2n) is 5.46. The topological polar surface area (TPSA) is 77.6 Å². The second kappa shape index (κ2) is 8.48. The second-order valence-corrected chi connectivity index (χ2v) is 7.91. The van der Waals surface area contributed by atoms with Crippen LogP contribution in [0.5, 0.6) is 0 Å². The smallest absolute Gasteiger partial charge is 0.323 e. The quantitative estimate of drug-likeness (QED) is 0.838. The molecule has 1 aromatic heterocycles. The van der Waals surface area contributed by atoms with Gasteiger partial charge in [0.2, 0.25) is 0 Å². The van der Waals surface area contributed by atoms with Crippen molar-refractivity contribution in [2.45, 2.75) is 0 Å². The lowest BCUT2D eigenvalue weighted by Gasteiger charge is -2.28. The largest absolute Gasteiger partial charge is 0.323 e. The molecule has 0 radical (unpaired) electrons. The number of hydrogen-bond acceptors (Lipinski definition) is 5. The van der Waals surface area contributed by atoms with Crippen LogP contribution in [0.25, 0.3) is 0 Å². The molecule has 7 nitrogen and oxygen atoms in total. The van der Waals surface area contributed by atoms with Gasteiger partial charge in [-0.25, -0.2) is 14.6 Å². The standard InChI is InChI=1S/C15H21N5O2S2/c21-14(19-4-8-23-9-5-19)17-12-2-1-3-16-13(12)18-15(22)20-6-10-24-11-7-20/h1-3H,4-11H2,(H,17,21)(H,16,18,22). The molecule has 4 amide bonds. The molecule has 9 heteroatoms. The first-order valence-corrected chi connectivity index (χ1v) is 10.3. The summed E-state index contributed by atoms with van der Waals surface area (Å²) in [6, 6.07) is 3.19. The molecule has 130 valence electrons. The number of hydrogen-bond donors (Lipinski definition) is 2. The molecule has 2 fully saturated rings. The summed E-state index contributed by atoms with van der Waals surface area (Å²) >= 11 is 3.70. The fraction of sp³-hybridized carbons (Fsp3) is 0.533. The van der Waals surface area contributed by atoms with Gasteiger partial charge in [-0.15, -0.1) is 0 Å². The van der Waals surface area contributed by atoms with Crippen LogP contribution in [0.15, 0.2) is 18.3 Å². The number of rotatable bonds is 2. The third-order valence-electron chi connectivity index (χ3n) is 3.87. The van der Waals surface area contributed by atoms with Crippen molar-refractivity contribution in [3.05, 3.63) is 18.3 Å². The van der Waals surface area contributed by atoms with Crippen LogP contribution in [0.3, 0.4) is 0 Å². The highest BCUT2D eigenvalue weighted by atomic mass is 32.2. The molecule has 24 heavy (non-hydrogen) atoms. The maximum absolute atomic E-state index is 12.4. The molecule has 3 rings (SSSR count). The molecule has 2 saturated heterocycles. The molecule has 2 N–H and O–H groups in total. The minimum absolute atomic E-state index is 0.145. The van der Waals surface area contributed by atoms with E-state index < -0.39 is 0 Å². The van der Waals surface area contributed by atoms with Gasteiger partial charge in [-0.3, -0.25) is 5.32 Å². The van der Waals surface area contributed by atoms with Crippen LogP contribution in [-0.4, -0.2) is 76.0 Å². The van der Waals surface area contributed by atoms with E-state index >= 15 is 0 Å². The number of amides is 4. The van der Waals surface area contributed by atoms with Crippen LogP contribution in [0.4, 0.5) is 21.1 Å². The summed E-state index contributed by atoms with van der Waals surface area (Å²) in [5.41, 5.74) is 0.528. The van der Waals surface area contributed by atoms with Gasteiger partial charge in [-0.05, 0) is 12.1 Å². The molecule has 3 heterocycles. The van der Waals surface area contributed by atoms with Crippen molar-refractivity contribution in [3.63, 3.8) is 0 Å². The highest BCUT2D eigenvalue weighted by Gasteiger charge is 2.21. The van der Waals surface area contributed by atoms with Crippen LogP contribution in [0.2, 0.25) is 0 Å². The van der Waals surface area contributed by atoms with Gasteiger partial charge in [-0.2, -0.15) is 23.5 Å². The van der Waals surface area contributed by atoms with E-state index in [1.165, 1.54) is 0 Å². The number of aromatic nitrogens is 1. The molecule has 0 spiro atoms. The molecule has 0 saturated carbocycles. The number of pyridine rings is 1. The first-order chi connectivity index (χ1) is 11.7. The molecular weight excluding hydrogens is 346 g/mol. The summed E-state index contributed by atoms with van der Waals surface area (Å²) in [5, 5.41) is 5.68. The van der Waals surface area contributed by atoms with Gasteiger partial charge in [0.25, 0.3) is 0 Å². The van der Waals surface area contributed by atoms with E-state index in [1.807, 2.05) is 23.5 Å². The average Bonchev–Trinajstić information content (AvgIpc) is 2.64. The molecule has 0 bridgehead atoms. The zero-order chi connectivity index (χ0) is 16.8. The Kier molecular flexibility index (Phi) is 6.08. The number of carbonyl (C=O) groups excluding carboxylic acids is 2. The van der Waals surface area contributed by atoms with E-state index in [4.69, 9.17) is 0 Å². The lowest BCUT2D eigenvalue weighted by molar-refractivity contribution is 0.215. The Balaban J connectivity index is 1.63. The number of urea groups is 2. The van der Waals surface area contributed by atoms with Crippen LogP contribution in [0.1, 0.15) is 0 Å². The summed E-state index contributed by atoms with van der Waals surface area (Å²) in [6.07, 6.45) is 1.61. The summed E-state index contributed by atoms with van der Waals surface area (Å²) in [6.45, 7) is 2.95. The van der Waals surface area contributed by atoms with Crippen molar-refractivity contribution in [1.82, 2.24) is 14.8 Å². The molecule has 0 atom stereocenters. The van der Waals surface area contributed by atoms with Crippen LogP contribution < -0.4 is 10.6 Å². The van der Waals surface area contributed by atoms with E-state index in [0.717, 1.165) is 49.2 Å². The fourth-order valence-corrected chi connectivity index (χ4v) is 4.32. The minimum Gasteiger partial charge on any atom is -0.323 e. The van der Waals surface area contributed by atoms with Crippen LogP contribution in [0, 0.1) is 0 Å². The van der Waals surface area contributed by atoms with Crippen molar-refractivity contribution < 1.29 is 9.59 Å². The maximum Gasteiger partial charge on any atom is 0.323 e. The molecule has 0 aromatic carbocycles. The van der Waals surface area contributed by atoms with Crippen molar-refractivity contribution in [2.75, 3.05) is 59.8 Å². The first kappa shape index (κ1) is 17.2. The lowest BCUT2D eigenvalue weighted by atomic mass is 10.3. The molecule has 2 aliphatic rings. The molecule has 0 aliphatic carbocycles. The monoisotopic (exact) mass is 367 g/mol. The van der Waals surface area contributed by atoms with Crippen molar-refractivity contribution >= 4 is 47.1 Å².